The van der Waals surface area contributed by atoms with Gasteiger partial charge in [-0.2, -0.15) is 0 Å². The number of hydrogen-bond acceptors (Lipinski definition) is 5. The van der Waals surface area contributed by atoms with E-state index in [1.54, 1.807) is 19.2 Å². The van der Waals surface area contributed by atoms with E-state index in [0.29, 0.717) is 5.56 Å². The van der Waals surface area contributed by atoms with Gasteiger partial charge in [-0.3, -0.25) is 4.79 Å². The van der Waals surface area contributed by atoms with Crippen LogP contribution in [0.15, 0.2) is 48.5 Å². The number of aliphatic hydroxyl groups excluding tert-OH is 1. The molecule has 1 amide bonds. The molecule has 0 aliphatic carbocycles. The Kier molecular flexibility index (Phi) is 6.55. The number of rotatable bonds is 8. The highest BCUT2D eigenvalue weighted by molar-refractivity contribution is 7.91. The Labute approximate surface area is 147 Å². The molecule has 0 atom stereocenters. The normalized spacial score (nSPS) is 11.1. The van der Waals surface area contributed by atoms with Crippen molar-refractivity contribution in [3.05, 3.63) is 54.1 Å². The van der Waals surface area contributed by atoms with E-state index >= 15 is 0 Å². The molecule has 0 saturated carbocycles. The molecule has 0 aromatic heterocycles. The molecule has 7 heteroatoms. The lowest BCUT2D eigenvalue weighted by atomic mass is 10.0. The topological polar surface area (TPSA) is 92.7 Å². The van der Waals surface area contributed by atoms with Crippen molar-refractivity contribution < 1.29 is 23.1 Å². The van der Waals surface area contributed by atoms with Gasteiger partial charge in [0, 0.05) is 6.54 Å². The molecule has 134 valence electrons. The third-order valence-corrected chi connectivity index (χ3v) is 5.02. The number of ether oxygens (including phenoxy) is 1. The molecule has 0 bridgehead atoms. The molecule has 2 rings (SSSR count). The van der Waals surface area contributed by atoms with Gasteiger partial charge in [0.15, 0.2) is 9.84 Å². The first kappa shape index (κ1) is 19.0. The zero-order valence-electron chi connectivity index (χ0n) is 13.9. The van der Waals surface area contributed by atoms with Gasteiger partial charge in [0.25, 0.3) is 0 Å². The summed E-state index contributed by atoms with van der Waals surface area (Å²) in [4.78, 5) is 11.5. The number of carbonyl (C=O) groups is 1. The SMILES string of the molecule is COc1ccc(-c2ccc(CS(=O)(=O)CC(=O)NCCO)cc2)cc1. The Morgan fingerprint density at radius 3 is 2.12 bits per heavy atom. The average molecular weight is 363 g/mol. The molecule has 25 heavy (non-hydrogen) atoms. The van der Waals surface area contributed by atoms with Crippen molar-refractivity contribution in [1.29, 1.82) is 0 Å². The summed E-state index contributed by atoms with van der Waals surface area (Å²) in [6.45, 7) is -0.177. The molecule has 0 saturated heterocycles. The van der Waals surface area contributed by atoms with Crippen molar-refractivity contribution in [2.24, 2.45) is 0 Å². The number of amides is 1. The summed E-state index contributed by atoms with van der Waals surface area (Å²) < 4.78 is 29.2. The molecule has 0 fully saturated rings. The Hall–Kier alpha value is -2.38. The second-order valence-electron chi connectivity index (χ2n) is 5.53. The van der Waals surface area contributed by atoms with Crippen LogP contribution < -0.4 is 10.1 Å². The minimum atomic E-state index is -3.56. The molecule has 0 aliphatic heterocycles. The van der Waals surface area contributed by atoms with E-state index in [2.05, 4.69) is 5.32 Å². The summed E-state index contributed by atoms with van der Waals surface area (Å²) >= 11 is 0. The van der Waals surface area contributed by atoms with Gasteiger partial charge in [0.05, 0.1) is 19.5 Å². The number of carbonyl (C=O) groups excluding carboxylic acids is 1. The predicted octanol–water partition coefficient (Wildman–Crippen LogP) is 1.39. The fourth-order valence-electron chi connectivity index (χ4n) is 2.33. The second kappa shape index (κ2) is 8.64. The minimum Gasteiger partial charge on any atom is -0.497 e. The van der Waals surface area contributed by atoms with Crippen LogP contribution in [0.3, 0.4) is 0 Å². The van der Waals surface area contributed by atoms with E-state index in [9.17, 15) is 13.2 Å². The number of aliphatic hydroxyl groups is 1. The molecule has 6 nitrogen and oxygen atoms in total. The van der Waals surface area contributed by atoms with E-state index in [0.717, 1.165) is 16.9 Å². The standard InChI is InChI=1S/C18H21NO5S/c1-24-17-8-6-16(7-9-17)15-4-2-14(3-5-15)12-25(22,23)13-18(21)19-10-11-20/h2-9,20H,10-13H2,1H3,(H,19,21). The van der Waals surface area contributed by atoms with Gasteiger partial charge in [-0.05, 0) is 28.8 Å². The van der Waals surface area contributed by atoms with Crippen molar-refractivity contribution in [2.75, 3.05) is 26.0 Å². The Morgan fingerprint density at radius 2 is 1.60 bits per heavy atom. The van der Waals surface area contributed by atoms with Crippen LogP contribution in [0.5, 0.6) is 5.75 Å². The summed E-state index contributed by atoms with van der Waals surface area (Å²) in [6, 6.07) is 14.7. The summed E-state index contributed by atoms with van der Waals surface area (Å²) in [5.74, 6) is -0.634. The number of benzene rings is 2. The lowest BCUT2D eigenvalue weighted by molar-refractivity contribution is -0.118. The average Bonchev–Trinajstić information content (AvgIpc) is 2.60. The smallest absolute Gasteiger partial charge is 0.235 e. The Bertz CT molecular complexity index is 798. The number of sulfone groups is 1. The molecule has 0 radical (unpaired) electrons. The van der Waals surface area contributed by atoms with E-state index in [1.807, 2.05) is 36.4 Å². The zero-order valence-corrected chi connectivity index (χ0v) is 14.8. The minimum absolute atomic E-state index is 0.0465. The number of methoxy groups -OCH3 is 1. The maximum atomic E-state index is 12.1. The van der Waals surface area contributed by atoms with Crippen LogP contribution in [0.25, 0.3) is 11.1 Å². The van der Waals surface area contributed by atoms with E-state index in [4.69, 9.17) is 9.84 Å². The predicted molar refractivity (Wildman–Crippen MR) is 96.0 cm³/mol. The van der Waals surface area contributed by atoms with Gasteiger partial charge >= 0.3 is 0 Å². The highest BCUT2D eigenvalue weighted by Crippen LogP contribution is 2.23. The van der Waals surface area contributed by atoms with Gasteiger partial charge < -0.3 is 15.2 Å². The van der Waals surface area contributed by atoms with Crippen molar-refractivity contribution in [1.82, 2.24) is 5.32 Å². The number of nitrogens with one attached hydrogen (secondary N) is 1. The fourth-order valence-corrected chi connectivity index (χ4v) is 3.63. The molecular formula is C18H21NO5S. The van der Waals surface area contributed by atoms with Gasteiger partial charge in [0.1, 0.15) is 11.5 Å². The summed E-state index contributed by atoms with van der Waals surface area (Å²) in [6.07, 6.45) is 0. The van der Waals surface area contributed by atoms with Gasteiger partial charge in [-0.15, -0.1) is 0 Å². The van der Waals surface area contributed by atoms with Crippen LogP contribution in [-0.2, 0) is 20.4 Å². The third kappa shape index (κ3) is 5.88. The molecule has 0 unspecified atom stereocenters. The fraction of sp³-hybridized carbons (Fsp3) is 0.278. The molecule has 0 heterocycles. The first-order valence-corrected chi connectivity index (χ1v) is 9.57. The Balaban J connectivity index is 2.02. The van der Waals surface area contributed by atoms with Crippen LogP contribution in [-0.4, -0.2) is 45.4 Å². The summed E-state index contributed by atoms with van der Waals surface area (Å²) in [5.41, 5.74) is 2.58. The largest absolute Gasteiger partial charge is 0.497 e. The maximum Gasteiger partial charge on any atom is 0.235 e. The van der Waals surface area contributed by atoms with E-state index < -0.39 is 21.5 Å². The molecule has 2 aromatic carbocycles. The van der Waals surface area contributed by atoms with Crippen molar-refractivity contribution in [2.45, 2.75) is 5.75 Å². The van der Waals surface area contributed by atoms with Crippen LogP contribution >= 0.6 is 0 Å². The van der Waals surface area contributed by atoms with Gasteiger partial charge in [-0.25, -0.2) is 8.42 Å². The first-order valence-electron chi connectivity index (χ1n) is 7.75. The highest BCUT2D eigenvalue weighted by Gasteiger charge is 2.17. The highest BCUT2D eigenvalue weighted by atomic mass is 32.2. The molecule has 0 spiro atoms. The molecule has 0 aliphatic rings. The Morgan fingerprint density at radius 1 is 1.04 bits per heavy atom. The van der Waals surface area contributed by atoms with Crippen molar-refractivity contribution >= 4 is 15.7 Å². The van der Waals surface area contributed by atoms with Gasteiger partial charge in [-0.1, -0.05) is 36.4 Å². The number of hydrogen-bond donors (Lipinski definition) is 2. The van der Waals surface area contributed by atoms with E-state index in [-0.39, 0.29) is 18.9 Å². The summed E-state index contributed by atoms with van der Waals surface area (Å²) in [7, 11) is -1.96. The molecular weight excluding hydrogens is 342 g/mol. The molecule has 2 aromatic rings. The summed E-state index contributed by atoms with van der Waals surface area (Å²) in [5, 5.41) is 11.0. The van der Waals surface area contributed by atoms with Gasteiger partial charge in [0.2, 0.25) is 5.91 Å². The lowest BCUT2D eigenvalue weighted by Crippen LogP contribution is -2.32. The molecule has 2 N–H and O–H groups in total. The lowest BCUT2D eigenvalue weighted by Gasteiger charge is -2.07. The van der Waals surface area contributed by atoms with Crippen LogP contribution in [0.4, 0.5) is 0 Å². The van der Waals surface area contributed by atoms with E-state index in [1.165, 1.54) is 0 Å². The monoisotopic (exact) mass is 363 g/mol. The second-order valence-corrected chi connectivity index (χ2v) is 7.60. The first-order chi connectivity index (χ1) is 11.9. The zero-order chi connectivity index (χ0) is 18.3. The van der Waals surface area contributed by atoms with Crippen LogP contribution in [0.2, 0.25) is 0 Å². The van der Waals surface area contributed by atoms with Crippen LogP contribution in [0, 0.1) is 0 Å². The van der Waals surface area contributed by atoms with Crippen molar-refractivity contribution in [3.8, 4) is 16.9 Å². The van der Waals surface area contributed by atoms with Crippen LogP contribution in [0.1, 0.15) is 5.56 Å². The third-order valence-electron chi connectivity index (χ3n) is 3.55. The van der Waals surface area contributed by atoms with Crippen molar-refractivity contribution in [3.63, 3.8) is 0 Å². The quantitative estimate of drug-likeness (QED) is 0.739. The maximum absolute atomic E-state index is 12.1.